The van der Waals surface area contributed by atoms with Crippen molar-refractivity contribution in [1.82, 2.24) is 4.57 Å². The fourth-order valence-corrected chi connectivity index (χ4v) is 2.94. The Morgan fingerprint density at radius 2 is 1.96 bits per heavy atom. The number of amides is 1. The molecule has 1 aromatic heterocycles. The van der Waals surface area contributed by atoms with Crippen molar-refractivity contribution in [2.45, 2.75) is 26.8 Å². The number of ether oxygens (including phenoxy) is 1. The Kier molecular flexibility index (Phi) is 6.24. The summed E-state index contributed by atoms with van der Waals surface area (Å²) in [6.07, 6.45) is -0.00517. The molecule has 0 saturated heterocycles. The number of thiazole rings is 1. The molecule has 0 radical (unpaired) electrons. The van der Waals surface area contributed by atoms with Crippen LogP contribution in [0.25, 0.3) is 0 Å². The number of Topliss-reactive ketones (excluding diaryl/α,β-unsaturated/α-hetero) is 1. The fraction of sp³-hybridized carbons (Fsp3) is 0.294. The van der Waals surface area contributed by atoms with Crippen LogP contribution in [0, 0.1) is 6.92 Å². The average Bonchev–Trinajstić information content (AvgIpc) is 2.89. The van der Waals surface area contributed by atoms with Gasteiger partial charge in [-0.05, 0) is 26.0 Å². The summed E-state index contributed by atoms with van der Waals surface area (Å²) in [5.41, 5.74) is 1.53. The summed E-state index contributed by atoms with van der Waals surface area (Å²) >= 11 is 1.07. The van der Waals surface area contributed by atoms with E-state index in [2.05, 4.69) is 5.32 Å². The molecule has 0 aliphatic heterocycles. The van der Waals surface area contributed by atoms with Gasteiger partial charge in [-0.3, -0.25) is 19.2 Å². The first-order chi connectivity index (χ1) is 11.9. The van der Waals surface area contributed by atoms with Crippen LogP contribution in [0.4, 0.5) is 5.69 Å². The number of carbonyl (C=O) groups is 3. The van der Waals surface area contributed by atoms with Crippen LogP contribution in [-0.2, 0) is 20.9 Å². The molecule has 0 bridgehead atoms. The van der Waals surface area contributed by atoms with Gasteiger partial charge in [-0.25, -0.2) is 0 Å². The highest BCUT2D eigenvalue weighted by molar-refractivity contribution is 7.07. The van der Waals surface area contributed by atoms with Crippen molar-refractivity contribution in [3.05, 3.63) is 50.6 Å². The fourth-order valence-electron chi connectivity index (χ4n) is 2.18. The van der Waals surface area contributed by atoms with Crippen molar-refractivity contribution in [3.8, 4) is 0 Å². The van der Waals surface area contributed by atoms with E-state index in [1.807, 2.05) is 0 Å². The third-order valence-corrected chi connectivity index (χ3v) is 4.34. The molecule has 0 aliphatic carbocycles. The van der Waals surface area contributed by atoms with Crippen LogP contribution in [0.1, 0.15) is 29.4 Å². The van der Waals surface area contributed by atoms with Gasteiger partial charge in [0.05, 0.1) is 12.1 Å². The van der Waals surface area contributed by atoms with E-state index in [1.165, 1.54) is 11.5 Å². The highest BCUT2D eigenvalue weighted by Crippen LogP contribution is 2.15. The van der Waals surface area contributed by atoms with E-state index >= 15 is 0 Å². The predicted octanol–water partition coefficient (Wildman–Crippen LogP) is 1.99. The lowest BCUT2D eigenvalue weighted by Gasteiger charge is -2.09. The Hall–Kier alpha value is -2.74. The number of nitrogens with one attached hydrogen (secondary N) is 1. The smallest absolute Gasteiger partial charge is 0.308 e. The zero-order valence-electron chi connectivity index (χ0n) is 13.9. The van der Waals surface area contributed by atoms with Crippen molar-refractivity contribution in [2.75, 3.05) is 11.9 Å². The number of benzene rings is 1. The molecule has 0 atom stereocenters. The summed E-state index contributed by atoms with van der Waals surface area (Å²) in [4.78, 5) is 46.5. The summed E-state index contributed by atoms with van der Waals surface area (Å²) in [5.74, 6) is -1.29. The van der Waals surface area contributed by atoms with E-state index in [4.69, 9.17) is 4.74 Å². The van der Waals surface area contributed by atoms with Crippen molar-refractivity contribution in [2.24, 2.45) is 0 Å². The number of para-hydroxylation sites is 1. The third kappa shape index (κ3) is 5.12. The predicted molar refractivity (Wildman–Crippen MR) is 94.0 cm³/mol. The number of aromatic nitrogens is 1. The highest BCUT2D eigenvalue weighted by atomic mass is 32.1. The minimum atomic E-state index is -0.576. The van der Waals surface area contributed by atoms with E-state index < -0.39 is 18.5 Å². The van der Waals surface area contributed by atoms with Crippen molar-refractivity contribution >= 4 is 34.7 Å². The Labute approximate surface area is 148 Å². The van der Waals surface area contributed by atoms with Gasteiger partial charge in [0, 0.05) is 23.2 Å². The summed E-state index contributed by atoms with van der Waals surface area (Å²) in [7, 11) is 0. The van der Waals surface area contributed by atoms with Crippen LogP contribution >= 0.6 is 11.3 Å². The lowest BCUT2D eigenvalue weighted by Crippen LogP contribution is -2.23. The van der Waals surface area contributed by atoms with Crippen LogP contribution in [0.5, 0.6) is 0 Å². The quantitative estimate of drug-likeness (QED) is 0.600. The molecule has 0 fully saturated rings. The standard InChI is InChI=1S/C17H18N2O5S/c1-11-10-25-17(23)19(11)8-7-16(22)24-9-15(21)18-14-6-4-3-5-13(14)12(2)20/h3-6,10H,7-9H2,1-2H3,(H,18,21). The minimum Gasteiger partial charge on any atom is -0.456 e. The van der Waals surface area contributed by atoms with Crippen LogP contribution < -0.4 is 10.2 Å². The molecule has 132 valence electrons. The molecular formula is C17H18N2O5S. The molecule has 0 saturated carbocycles. The summed E-state index contributed by atoms with van der Waals surface area (Å²) in [6.45, 7) is 2.94. The molecule has 8 heteroatoms. The Morgan fingerprint density at radius 1 is 1.24 bits per heavy atom. The third-order valence-electron chi connectivity index (χ3n) is 3.46. The molecule has 0 unspecified atom stereocenters. The van der Waals surface area contributed by atoms with Gasteiger partial charge in [0.1, 0.15) is 0 Å². The van der Waals surface area contributed by atoms with E-state index in [1.54, 1.807) is 36.6 Å². The van der Waals surface area contributed by atoms with E-state index in [-0.39, 0.29) is 23.6 Å². The number of ketones is 1. The first kappa shape index (κ1) is 18.6. The van der Waals surface area contributed by atoms with Crippen LogP contribution in [0.3, 0.4) is 0 Å². The van der Waals surface area contributed by atoms with E-state index in [0.717, 1.165) is 17.0 Å². The lowest BCUT2D eigenvalue weighted by molar-refractivity contribution is -0.147. The zero-order valence-corrected chi connectivity index (χ0v) is 14.7. The van der Waals surface area contributed by atoms with Gasteiger partial charge in [-0.15, -0.1) is 0 Å². The number of nitrogens with zero attached hydrogens (tertiary/aromatic N) is 1. The van der Waals surface area contributed by atoms with Crippen LogP contribution in [-0.4, -0.2) is 28.8 Å². The zero-order chi connectivity index (χ0) is 18.4. The van der Waals surface area contributed by atoms with Gasteiger partial charge in [-0.1, -0.05) is 23.5 Å². The van der Waals surface area contributed by atoms with Gasteiger partial charge in [0.25, 0.3) is 5.91 Å². The maximum atomic E-state index is 11.9. The molecular weight excluding hydrogens is 344 g/mol. The maximum absolute atomic E-state index is 11.9. The molecule has 0 spiro atoms. The second kappa shape index (κ2) is 8.39. The number of esters is 1. The van der Waals surface area contributed by atoms with Gasteiger partial charge >= 0.3 is 10.8 Å². The normalized spacial score (nSPS) is 10.3. The highest BCUT2D eigenvalue weighted by Gasteiger charge is 2.12. The monoisotopic (exact) mass is 362 g/mol. The van der Waals surface area contributed by atoms with Gasteiger partial charge in [0.2, 0.25) is 0 Å². The van der Waals surface area contributed by atoms with E-state index in [0.29, 0.717) is 11.3 Å². The van der Waals surface area contributed by atoms with Crippen molar-refractivity contribution < 1.29 is 19.1 Å². The Balaban J connectivity index is 1.83. The summed E-state index contributed by atoms with van der Waals surface area (Å²) in [6, 6.07) is 6.59. The molecule has 1 N–H and O–H groups in total. The molecule has 1 aromatic carbocycles. The minimum absolute atomic E-state index is 0.00517. The molecule has 2 aromatic rings. The summed E-state index contributed by atoms with van der Waals surface area (Å²) < 4.78 is 6.39. The molecule has 7 nitrogen and oxygen atoms in total. The second-order valence-electron chi connectivity index (χ2n) is 5.36. The van der Waals surface area contributed by atoms with E-state index in [9.17, 15) is 19.2 Å². The topological polar surface area (TPSA) is 94.5 Å². The SMILES string of the molecule is CC(=O)c1ccccc1NC(=O)COC(=O)CCn1c(C)csc1=O. The van der Waals surface area contributed by atoms with Gasteiger partial charge in [-0.2, -0.15) is 0 Å². The molecule has 0 aliphatic rings. The molecule has 2 rings (SSSR count). The Morgan fingerprint density at radius 3 is 2.60 bits per heavy atom. The number of hydrogen-bond donors (Lipinski definition) is 1. The summed E-state index contributed by atoms with van der Waals surface area (Å²) in [5, 5.41) is 4.26. The maximum Gasteiger partial charge on any atom is 0.308 e. The number of rotatable bonds is 7. The number of carbonyl (C=O) groups excluding carboxylic acids is 3. The van der Waals surface area contributed by atoms with Gasteiger partial charge < -0.3 is 14.6 Å². The molecule has 25 heavy (non-hydrogen) atoms. The average molecular weight is 362 g/mol. The first-order valence-electron chi connectivity index (χ1n) is 7.59. The number of aryl methyl sites for hydroxylation is 1. The number of anilines is 1. The lowest BCUT2D eigenvalue weighted by atomic mass is 10.1. The Bertz CT molecular complexity index is 853. The van der Waals surface area contributed by atoms with Gasteiger partial charge in [0.15, 0.2) is 12.4 Å². The van der Waals surface area contributed by atoms with Crippen molar-refractivity contribution in [1.29, 1.82) is 0 Å². The first-order valence-corrected chi connectivity index (χ1v) is 8.47. The largest absolute Gasteiger partial charge is 0.456 e. The van der Waals surface area contributed by atoms with Crippen LogP contribution in [0.15, 0.2) is 34.4 Å². The van der Waals surface area contributed by atoms with Crippen LogP contribution in [0.2, 0.25) is 0 Å². The number of hydrogen-bond acceptors (Lipinski definition) is 6. The molecule has 1 heterocycles. The molecule has 1 amide bonds. The second-order valence-corrected chi connectivity index (χ2v) is 6.18. The van der Waals surface area contributed by atoms with Crippen molar-refractivity contribution in [3.63, 3.8) is 0 Å².